The van der Waals surface area contributed by atoms with Crippen molar-refractivity contribution in [2.24, 2.45) is 0 Å². The van der Waals surface area contributed by atoms with E-state index in [1.54, 1.807) is 29.3 Å². The van der Waals surface area contributed by atoms with E-state index in [0.717, 1.165) is 18.7 Å². The number of carbonyl (C=O) groups is 1. The Hall–Kier alpha value is -1.88. The standard InChI is InChI=1S/C13H16FN3O/c14-12-3-1-2-11(10-12)4-5-16-13(18)17-8-6-15-7-9-17/h1-5,10,15H,6-9H2,(H,16,18)/b5-4+. The van der Waals surface area contributed by atoms with Crippen molar-refractivity contribution in [3.05, 3.63) is 41.8 Å². The molecule has 2 rings (SSSR count). The average molecular weight is 249 g/mol. The van der Waals surface area contributed by atoms with Crippen molar-refractivity contribution in [3.8, 4) is 0 Å². The zero-order valence-electron chi connectivity index (χ0n) is 10.0. The maximum atomic E-state index is 12.9. The van der Waals surface area contributed by atoms with Crippen LogP contribution in [0.25, 0.3) is 6.08 Å². The summed E-state index contributed by atoms with van der Waals surface area (Å²) in [5.74, 6) is -0.286. The topological polar surface area (TPSA) is 44.4 Å². The SMILES string of the molecule is O=C(N/C=C/c1cccc(F)c1)N1CCNCC1. The van der Waals surface area contributed by atoms with Crippen LogP contribution in [0.15, 0.2) is 30.5 Å². The molecule has 0 bridgehead atoms. The summed E-state index contributed by atoms with van der Waals surface area (Å²) in [6.45, 7) is 3.06. The number of carbonyl (C=O) groups excluding carboxylic acids is 1. The minimum absolute atomic E-state index is 0.121. The first-order chi connectivity index (χ1) is 8.75. The summed E-state index contributed by atoms with van der Waals surface area (Å²) in [4.78, 5) is 13.5. The fourth-order valence-electron chi connectivity index (χ4n) is 1.78. The second-order valence-electron chi connectivity index (χ2n) is 4.07. The molecule has 1 saturated heterocycles. The number of rotatable bonds is 2. The van der Waals surface area contributed by atoms with E-state index in [1.807, 2.05) is 0 Å². The van der Waals surface area contributed by atoms with Crippen molar-refractivity contribution < 1.29 is 9.18 Å². The molecule has 0 unspecified atom stereocenters. The van der Waals surface area contributed by atoms with Gasteiger partial charge in [0.2, 0.25) is 0 Å². The Morgan fingerprint density at radius 1 is 1.39 bits per heavy atom. The van der Waals surface area contributed by atoms with Gasteiger partial charge in [0.1, 0.15) is 5.82 Å². The lowest BCUT2D eigenvalue weighted by Gasteiger charge is -2.26. The molecule has 0 aliphatic carbocycles. The molecule has 1 aliphatic heterocycles. The van der Waals surface area contributed by atoms with Crippen LogP contribution in [0.4, 0.5) is 9.18 Å². The van der Waals surface area contributed by atoms with Crippen molar-refractivity contribution >= 4 is 12.1 Å². The van der Waals surface area contributed by atoms with Crippen LogP contribution in [-0.2, 0) is 0 Å². The third kappa shape index (κ3) is 3.56. The lowest BCUT2D eigenvalue weighted by Crippen LogP contribution is -2.49. The maximum Gasteiger partial charge on any atom is 0.321 e. The molecule has 1 fully saturated rings. The Morgan fingerprint density at radius 2 is 2.17 bits per heavy atom. The van der Waals surface area contributed by atoms with Gasteiger partial charge in [0, 0.05) is 32.4 Å². The lowest BCUT2D eigenvalue weighted by atomic mass is 10.2. The van der Waals surface area contributed by atoms with Gasteiger partial charge in [-0.05, 0) is 23.8 Å². The average Bonchev–Trinajstić information content (AvgIpc) is 2.40. The number of nitrogens with zero attached hydrogens (tertiary/aromatic N) is 1. The summed E-state index contributed by atoms with van der Waals surface area (Å²) in [5, 5.41) is 5.85. The molecular weight excluding hydrogens is 233 g/mol. The Labute approximate surface area is 105 Å². The van der Waals surface area contributed by atoms with Crippen molar-refractivity contribution in [2.45, 2.75) is 0 Å². The summed E-state index contributed by atoms with van der Waals surface area (Å²) in [6.07, 6.45) is 3.21. The first-order valence-corrected chi connectivity index (χ1v) is 5.94. The van der Waals surface area contributed by atoms with Gasteiger partial charge < -0.3 is 15.5 Å². The van der Waals surface area contributed by atoms with E-state index in [4.69, 9.17) is 0 Å². The van der Waals surface area contributed by atoms with Gasteiger partial charge in [0.25, 0.3) is 0 Å². The molecule has 5 heteroatoms. The fourth-order valence-corrected chi connectivity index (χ4v) is 1.78. The van der Waals surface area contributed by atoms with Crippen LogP contribution < -0.4 is 10.6 Å². The molecule has 4 nitrogen and oxygen atoms in total. The first kappa shape index (κ1) is 12.6. The van der Waals surface area contributed by atoms with Crippen LogP contribution in [0.3, 0.4) is 0 Å². The minimum atomic E-state index is -0.286. The van der Waals surface area contributed by atoms with Gasteiger partial charge in [-0.2, -0.15) is 0 Å². The number of amides is 2. The number of halogens is 1. The van der Waals surface area contributed by atoms with Crippen LogP contribution in [0.5, 0.6) is 0 Å². The van der Waals surface area contributed by atoms with E-state index >= 15 is 0 Å². The molecule has 2 N–H and O–H groups in total. The summed E-state index contributed by atoms with van der Waals surface area (Å²) < 4.78 is 12.9. The highest BCUT2D eigenvalue weighted by Crippen LogP contribution is 2.04. The molecule has 2 amide bonds. The number of piperazine rings is 1. The van der Waals surface area contributed by atoms with Gasteiger partial charge in [0.15, 0.2) is 0 Å². The van der Waals surface area contributed by atoms with Crippen molar-refractivity contribution in [2.75, 3.05) is 26.2 Å². The van der Waals surface area contributed by atoms with E-state index in [1.165, 1.54) is 12.1 Å². The highest BCUT2D eigenvalue weighted by molar-refractivity contribution is 5.76. The zero-order chi connectivity index (χ0) is 12.8. The number of hydrogen-bond donors (Lipinski definition) is 2. The molecule has 1 aromatic rings. The maximum absolute atomic E-state index is 12.9. The van der Waals surface area contributed by atoms with Gasteiger partial charge in [-0.15, -0.1) is 0 Å². The van der Waals surface area contributed by atoms with Gasteiger partial charge >= 0.3 is 6.03 Å². The summed E-state index contributed by atoms with van der Waals surface area (Å²) in [6, 6.07) is 6.08. The Balaban J connectivity index is 1.85. The second-order valence-corrected chi connectivity index (χ2v) is 4.07. The van der Waals surface area contributed by atoms with Crippen LogP contribution in [0.1, 0.15) is 5.56 Å². The quantitative estimate of drug-likeness (QED) is 0.832. The predicted octanol–water partition coefficient (Wildman–Crippen LogP) is 1.41. The van der Waals surface area contributed by atoms with Crippen LogP contribution in [-0.4, -0.2) is 37.1 Å². The molecule has 18 heavy (non-hydrogen) atoms. The van der Waals surface area contributed by atoms with Crippen molar-refractivity contribution in [3.63, 3.8) is 0 Å². The van der Waals surface area contributed by atoms with Crippen molar-refractivity contribution in [1.82, 2.24) is 15.5 Å². The van der Waals surface area contributed by atoms with Crippen LogP contribution in [0.2, 0.25) is 0 Å². The van der Waals surface area contributed by atoms with E-state index in [0.29, 0.717) is 13.1 Å². The summed E-state index contributed by atoms with van der Waals surface area (Å²) in [7, 11) is 0. The molecule has 0 spiro atoms. The predicted molar refractivity (Wildman–Crippen MR) is 68.4 cm³/mol. The third-order valence-electron chi connectivity index (χ3n) is 2.74. The van der Waals surface area contributed by atoms with Gasteiger partial charge in [-0.3, -0.25) is 0 Å². The molecule has 96 valence electrons. The van der Waals surface area contributed by atoms with Gasteiger partial charge in [0.05, 0.1) is 0 Å². The van der Waals surface area contributed by atoms with Crippen LogP contribution in [0, 0.1) is 5.82 Å². The van der Waals surface area contributed by atoms with E-state index in [2.05, 4.69) is 10.6 Å². The van der Waals surface area contributed by atoms with E-state index in [9.17, 15) is 9.18 Å². The molecule has 0 saturated carbocycles. The molecule has 0 radical (unpaired) electrons. The molecule has 1 aliphatic rings. The molecule has 0 atom stereocenters. The minimum Gasteiger partial charge on any atom is -0.322 e. The van der Waals surface area contributed by atoms with E-state index in [-0.39, 0.29) is 11.8 Å². The van der Waals surface area contributed by atoms with Gasteiger partial charge in [-0.25, -0.2) is 9.18 Å². The normalized spacial score (nSPS) is 15.9. The number of benzene rings is 1. The number of urea groups is 1. The summed E-state index contributed by atoms with van der Waals surface area (Å²) >= 11 is 0. The molecular formula is C13H16FN3O. The molecule has 0 aromatic heterocycles. The zero-order valence-corrected chi connectivity index (χ0v) is 10.0. The third-order valence-corrected chi connectivity index (χ3v) is 2.74. The van der Waals surface area contributed by atoms with E-state index < -0.39 is 0 Å². The Bertz CT molecular complexity index is 442. The number of nitrogens with one attached hydrogen (secondary N) is 2. The highest BCUT2D eigenvalue weighted by Gasteiger charge is 2.14. The summed E-state index contributed by atoms with van der Waals surface area (Å²) in [5.41, 5.74) is 0.718. The fraction of sp³-hybridized carbons (Fsp3) is 0.308. The first-order valence-electron chi connectivity index (χ1n) is 5.94. The number of hydrogen-bond acceptors (Lipinski definition) is 2. The Kier molecular flexibility index (Phi) is 4.30. The highest BCUT2D eigenvalue weighted by atomic mass is 19.1. The molecule has 1 heterocycles. The van der Waals surface area contributed by atoms with Crippen molar-refractivity contribution in [1.29, 1.82) is 0 Å². The second kappa shape index (κ2) is 6.16. The lowest BCUT2D eigenvalue weighted by molar-refractivity contribution is 0.194. The molecule has 1 aromatic carbocycles. The Morgan fingerprint density at radius 3 is 2.89 bits per heavy atom. The largest absolute Gasteiger partial charge is 0.322 e. The monoisotopic (exact) mass is 249 g/mol. The van der Waals surface area contributed by atoms with Crippen LogP contribution >= 0.6 is 0 Å². The van der Waals surface area contributed by atoms with Gasteiger partial charge in [-0.1, -0.05) is 12.1 Å². The smallest absolute Gasteiger partial charge is 0.321 e.